The van der Waals surface area contributed by atoms with Gasteiger partial charge >= 0.3 is 0 Å². The number of hydrogen-bond acceptors (Lipinski definition) is 1. The van der Waals surface area contributed by atoms with E-state index in [0.29, 0.717) is 11.4 Å². The van der Waals surface area contributed by atoms with Gasteiger partial charge in [-0.25, -0.2) is 13.5 Å². The van der Waals surface area contributed by atoms with E-state index in [2.05, 4.69) is 5.10 Å². The molecule has 1 heterocycles. The fraction of sp³-hybridized carbons (Fsp3) is 0.357. The predicted molar refractivity (Wildman–Crippen MR) is 72.3 cm³/mol. The van der Waals surface area contributed by atoms with Gasteiger partial charge in [-0.05, 0) is 32.9 Å². The van der Waals surface area contributed by atoms with Crippen LogP contribution in [0.15, 0.2) is 30.3 Å². The van der Waals surface area contributed by atoms with Crippen LogP contribution in [0.2, 0.25) is 5.15 Å². The van der Waals surface area contributed by atoms with Crippen molar-refractivity contribution in [3.8, 4) is 5.69 Å². The summed E-state index contributed by atoms with van der Waals surface area (Å²) in [7, 11) is 0. The Labute approximate surface area is 116 Å². The highest BCUT2D eigenvalue weighted by Crippen LogP contribution is 2.38. The zero-order chi connectivity index (χ0) is 14.2. The molecule has 2 aromatic rings. The Bertz CT molecular complexity index is 573. The lowest BCUT2D eigenvalue weighted by atomic mass is 9.98. The van der Waals surface area contributed by atoms with Crippen molar-refractivity contribution in [3.05, 3.63) is 46.7 Å². The van der Waals surface area contributed by atoms with Gasteiger partial charge in [-0.3, -0.25) is 0 Å². The molecule has 5 heteroatoms. The van der Waals surface area contributed by atoms with E-state index in [-0.39, 0.29) is 10.7 Å². The second-order valence-electron chi connectivity index (χ2n) is 4.96. The van der Waals surface area contributed by atoms with Crippen LogP contribution < -0.4 is 0 Å². The molecule has 1 aromatic heterocycles. The van der Waals surface area contributed by atoms with Gasteiger partial charge in [0.2, 0.25) is 0 Å². The van der Waals surface area contributed by atoms with Gasteiger partial charge < -0.3 is 0 Å². The Morgan fingerprint density at radius 3 is 2.37 bits per heavy atom. The van der Waals surface area contributed by atoms with Crippen LogP contribution in [0.4, 0.5) is 8.78 Å². The van der Waals surface area contributed by atoms with Crippen molar-refractivity contribution >= 4 is 11.6 Å². The van der Waals surface area contributed by atoms with Crippen molar-refractivity contribution in [2.75, 3.05) is 0 Å². The third-order valence-corrected chi connectivity index (χ3v) is 3.27. The molecular weight excluding hydrogens is 270 g/mol. The van der Waals surface area contributed by atoms with Crippen LogP contribution in [0.25, 0.3) is 5.69 Å². The molecule has 0 saturated heterocycles. The molecule has 0 aliphatic heterocycles. The number of nitrogens with zero attached hydrogens (tertiary/aromatic N) is 2. The Balaban J connectivity index is 2.53. The molecule has 0 amide bonds. The van der Waals surface area contributed by atoms with Gasteiger partial charge in [0.1, 0.15) is 10.8 Å². The van der Waals surface area contributed by atoms with Crippen LogP contribution in [0.1, 0.15) is 31.3 Å². The second kappa shape index (κ2) is 4.93. The number of aromatic nitrogens is 2. The van der Waals surface area contributed by atoms with Crippen molar-refractivity contribution in [2.24, 2.45) is 0 Å². The third-order valence-electron chi connectivity index (χ3n) is 2.90. The van der Waals surface area contributed by atoms with E-state index in [1.807, 2.05) is 18.2 Å². The molecule has 1 atom stereocenters. The number of halogens is 3. The highest BCUT2D eigenvalue weighted by molar-refractivity contribution is 6.30. The Kier molecular flexibility index (Phi) is 3.63. The maximum absolute atomic E-state index is 14.2. The summed E-state index contributed by atoms with van der Waals surface area (Å²) in [6.45, 7) is 4.00. The largest absolute Gasteiger partial charge is 0.241 e. The van der Waals surface area contributed by atoms with Crippen molar-refractivity contribution in [1.29, 1.82) is 0 Å². The van der Waals surface area contributed by atoms with Crippen LogP contribution in [-0.4, -0.2) is 15.4 Å². The van der Waals surface area contributed by atoms with Gasteiger partial charge in [0.15, 0.2) is 6.17 Å². The van der Waals surface area contributed by atoms with Crippen LogP contribution in [0.5, 0.6) is 0 Å². The van der Waals surface area contributed by atoms with E-state index in [4.69, 9.17) is 11.6 Å². The summed E-state index contributed by atoms with van der Waals surface area (Å²) in [5.41, 5.74) is -0.783. The zero-order valence-electron chi connectivity index (χ0n) is 11.0. The van der Waals surface area contributed by atoms with Crippen LogP contribution in [0.3, 0.4) is 0 Å². The lowest BCUT2D eigenvalue weighted by Crippen LogP contribution is -2.20. The normalized spacial score (nSPS) is 13.6. The maximum atomic E-state index is 14.2. The van der Waals surface area contributed by atoms with Crippen molar-refractivity contribution in [1.82, 2.24) is 9.78 Å². The van der Waals surface area contributed by atoms with Gasteiger partial charge in [0.25, 0.3) is 0 Å². The lowest BCUT2D eigenvalue weighted by Gasteiger charge is -2.19. The number of para-hydroxylation sites is 1. The van der Waals surface area contributed by atoms with Gasteiger partial charge in [-0.15, -0.1) is 0 Å². The molecular formula is C14H15ClF2N2. The van der Waals surface area contributed by atoms with E-state index < -0.39 is 11.8 Å². The fourth-order valence-corrected chi connectivity index (χ4v) is 2.25. The van der Waals surface area contributed by atoms with E-state index in [1.165, 1.54) is 18.5 Å². The molecule has 1 unspecified atom stereocenters. The molecule has 0 bridgehead atoms. The highest BCUT2D eigenvalue weighted by Gasteiger charge is 2.35. The first-order chi connectivity index (χ1) is 8.82. The predicted octanol–water partition coefficient (Wildman–Crippen LogP) is 4.59. The number of alkyl halides is 2. The minimum atomic E-state index is -2.00. The third kappa shape index (κ3) is 2.63. The lowest BCUT2D eigenvalue weighted by molar-refractivity contribution is 0.0848. The van der Waals surface area contributed by atoms with Crippen LogP contribution >= 0.6 is 11.6 Å². The molecule has 0 fully saturated rings. The molecule has 102 valence electrons. The smallest absolute Gasteiger partial charge is 0.163 e. The molecule has 0 spiro atoms. The van der Waals surface area contributed by atoms with E-state index in [0.717, 1.165) is 0 Å². The van der Waals surface area contributed by atoms with E-state index >= 15 is 0 Å². The summed E-state index contributed by atoms with van der Waals surface area (Å²) in [6.07, 6.45) is -1.81. The van der Waals surface area contributed by atoms with E-state index in [1.54, 1.807) is 19.1 Å². The summed E-state index contributed by atoms with van der Waals surface area (Å²) in [5.74, 6) is 0. The number of aryl methyl sites for hydroxylation is 1. The van der Waals surface area contributed by atoms with Gasteiger partial charge in [-0.1, -0.05) is 29.8 Å². The molecule has 1 aromatic carbocycles. The molecule has 2 nitrogen and oxygen atoms in total. The maximum Gasteiger partial charge on any atom is 0.163 e. The average Bonchev–Trinajstić information content (AvgIpc) is 2.64. The molecule has 0 saturated carbocycles. The molecule has 0 aliphatic rings. The summed E-state index contributed by atoms with van der Waals surface area (Å²) < 4.78 is 29.4. The van der Waals surface area contributed by atoms with Gasteiger partial charge in [0.05, 0.1) is 11.4 Å². The molecule has 2 rings (SSSR count). The zero-order valence-corrected chi connectivity index (χ0v) is 11.7. The Morgan fingerprint density at radius 2 is 1.84 bits per heavy atom. The quantitative estimate of drug-likeness (QED) is 0.806. The van der Waals surface area contributed by atoms with Crippen molar-refractivity contribution in [3.63, 3.8) is 0 Å². The fourth-order valence-electron chi connectivity index (χ4n) is 1.88. The monoisotopic (exact) mass is 284 g/mol. The summed E-state index contributed by atoms with van der Waals surface area (Å²) >= 11 is 6.16. The molecule has 19 heavy (non-hydrogen) atoms. The summed E-state index contributed by atoms with van der Waals surface area (Å²) in [4.78, 5) is 0. The number of rotatable bonds is 3. The van der Waals surface area contributed by atoms with Crippen LogP contribution in [0, 0.1) is 6.92 Å². The van der Waals surface area contributed by atoms with Crippen molar-refractivity contribution < 1.29 is 8.78 Å². The minimum Gasteiger partial charge on any atom is -0.241 e. The average molecular weight is 285 g/mol. The highest BCUT2D eigenvalue weighted by atomic mass is 35.5. The summed E-state index contributed by atoms with van der Waals surface area (Å²) in [5, 5.41) is 4.31. The molecule has 0 radical (unpaired) electrons. The minimum absolute atomic E-state index is 0.109. The first-order valence-electron chi connectivity index (χ1n) is 5.96. The standard InChI is InChI=1S/C14H15ClF2N2/c1-9-11(12(16)14(2,3)17)13(15)19(18-9)10-7-5-4-6-8-10/h4-8,12H,1-3H3. The topological polar surface area (TPSA) is 17.8 Å². The first-order valence-corrected chi connectivity index (χ1v) is 6.33. The van der Waals surface area contributed by atoms with Crippen LogP contribution in [-0.2, 0) is 0 Å². The van der Waals surface area contributed by atoms with Crippen molar-refractivity contribution in [2.45, 2.75) is 32.6 Å². The first kappa shape index (κ1) is 14.0. The summed E-state index contributed by atoms with van der Waals surface area (Å²) in [6, 6.07) is 9.12. The Morgan fingerprint density at radius 1 is 1.26 bits per heavy atom. The van der Waals surface area contributed by atoms with Gasteiger partial charge in [-0.2, -0.15) is 5.10 Å². The number of benzene rings is 1. The molecule has 0 aliphatic carbocycles. The van der Waals surface area contributed by atoms with E-state index in [9.17, 15) is 8.78 Å². The van der Waals surface area contributed by atoms with Gasteiger partial charge in [0, 0.05) is 5.56 Å². The SMILES string of the molecule is Cc1nn(-c2ccccc2)c(Cl)c1C(F)C(C)(C)F. The number of hydrogen-bond donors (Lipinski definition) is 0. The molecule has 0 N–H and O–H groups in total. The second-order valence-corrected chi connectivity index (χ2v) is 5.32. The Hall–Kier alpha value is -1.42.